The molecule has 0 radical (unpaired) electrons. The largest absolute Gasteiger partial charge is 0.480 e. The van der Waals surface area contributed by atoms with Crippen LogP contribution >= 0.6 is 24.4 Å². The number of carboxylic acid groups (broad SMARTS) is 1. The molecule has 0 aromatic heterocycles. The molecular formula is C10H17NO3S2. The molecule has 1 rings (SSSR count). The highest BCUT2D eigenvalue weighted by molar-refractivity contribution is 7.99. The summed E-state index contributed by atoms with van der Waals surface area (Å²) in [4.78, 5) is 24.3. The summed E-state index contributed by atoms with van der Waals surface area (Å²) in [6, 6.07) is 0.0796. The summed E-state index contributed by atoms with van der Waals surface area (Å²) in [6.45, 7) is 1.59. The van der Waals surface area contributed by atoms with Gasteiger partial charge in [-0.15, -0.1) is 0 Å². The molecule has 0 saturated carbocycles. The van der Waals surface area contributed by atoms with E-state index in [0.717, 1.165) is 17.9 Å². The van der Waals surface area contributed by atoms with Crippen LogP contribution in [0.2, 0.25) is 0 Å². The van der Waals surface area contributed by atoms with Gasteiger partial charge < -0.3 is 10.0 Å². The summed E-state index contributed by atoms with van der Waals surface area (Å²) in [5, 5.41) is 8.83. The third-order valence-electron chi connectivity index (χ3n) is 2.63. The van der Waals surface area contributed by atoms with Crippen LogP contribution in [0.4, 0.5) is 0 Å². The fraction of sp³-hybridized carbons (Fsp3) is 0.800. The second-order valence-corrected chi connectivity index (χ2v) is 5.48. The van der Waals surface area contributed by atoms with Gasteiger partial charge in [-0.05, 0) is 12.2 Å². The Bertz CT molecular complexity index is 267. The van der Waals surface area contributed by atoms with Crippen molar-refractivity contribution >= 4 is 36.3 Å². The number of nitrogens with zero attached hydrogens (tertiary/aromatic N) is 1. The lowest BCUT2D eigenvalue weighted by molar-refractivity contribution is -0.147. The van der Waals surface area contributed by atoms with Crippen molar-refractivity contribution in [2.24, 2.45) is 5.92 Å². The molecule has 16 heavy (non-hydrogen) atoms. The van der Waals surface area contributed by atoms with Gasteiger partial charge in [0.1, 0.15) is 6.54 Å². The van der Waals surface area contributed by atoms with Gasteiger partial charge in [0.2, 0.25) is 5.91 Å². The highest BCUT2D eigenvalue weighted by atomic mass is 32.2. The molecule has 1 aliphatic heterocycles. The fourth-order valence-electron chi connectivity index (χ4n) is 1.66. The molecule has 0 aliphatic carbocycles. The van der Waals surface area contributed by atoms with Crippen LogP contribution in [0.5, 0.6) is 0 Å². The van der Waals surface area contributed by atoms with E-state index in [2.05, 4.69) is 12.6 Å². The van der Waals surface area contributed by atoms with Crippen molar-refractivity contribution in [3.05, 3.63) is 0 Å². The average Bonchev–Trinajstić information content (AvgIpc) is 2.76. The van der Waals surface area contributed by atoms with Crippen molar-refractivity contribution in [1.29, 1.82) is 0 Å². The summed E-state index contributed by atoms with van der Waals surface area (Å²) in [7, 11) is 0. The molecular weight excluding hydrogens is 246 g/mol. The molecule has 2 atom stereocenters. The first-order valence-electron chi connectivity index (χ1n) is 5.27. The zero-order valence-electron chi connectivity index (χ0n) is 9.26. The minimum Gasteiger partial charge on any atom is -0.480 e. The van der Waals surface area contributed by atoms with E-state index in [1.165, 1.54) is 4.90 Å². The van der Waals surface area contributed by atoms with Crippen LogP contribution < -0.4 is 0 Å². The molecule has 0 bridgehead atoms. The molecule has 1 aliphatic rings. The Morgan fingerprint density at radius 1 is 1.62 bits per heavy atom. The molecule has 6 heteroatoms. The molecule has 4 nitrogen and oxygen atoms in total. The number of thioether (sulfide) groups is 1. The lowest BCUT2D eigenvalue weighted by Crippen LogP contribution is -2.46. The van der Waals surface area contributed by atoms with Gasteiger partial charge in [0.05, 0.1) is 0 Å². The number of hydrogen-bond acceptors (Lipinski definition) is 4. The van der Waals surface area contributed by atoms with Gasteiger partial charge in [0, 0.05) is 23.5 Å². The van der Waals surface area contributed by atoms with Crippen LogP contribution in [0.25, 0.3) is 0 Å². The maximum atomic E-state index is 12.0. The maximum Gasteiger partial charge on any atom is 0.323 e. The molecule has 0 spiro atoms. The molecule has 92 valence electrons. The molecule has 2 unspecified atom stereocenters. The van der Waals surface area contributed by atoms with E-state index in [4.69, 9.17) is 5.11 Å². The third-order valence-corrected chi connectivity index (χ3v) is 4.32. The topological polar surface area (TPSA) is 57.6 Å². The normalized spacial score (nSPS) is 21.8. The van der Waals surface area contributed by atoms with Gasteiger partial charge in [-0.1, -0.05) is 6.92 Å². The van der Waals surface area contributed by atoms with Gasteiger partial charge in [0.15, 0.2) is 0 Å². The minimum absolute atomic E-state index is 0.0796. The Kier molecular flexibility index (Phi) is 5.48. The highest BCUT2D eigenvalue weighted by Crippen LogP contribution is 2.23. The van der Waals surface area contributed by atoms with E-state index in [0.29, 0.717) is 5.75 Å². The number of carboxylic acids is 1. The maximum absolute atomic E-state index is 12.0. The van der Waals surface area contributed by atoms with E-state index < -0.39 is 5.97 Å². The average molecular weight is 263 g/mol. The number of carbonyl (C=O) groups excluding carboxylic acids is 1. The first-order valence-corrected chi connectivity index (χ1v) is 7.05. The Labute approximate surface area is 105 Å². The van der Waals surface area contributed by atoms with Crippen LogP contribution in [-0.2, 0) is 9.59 Å². The van der Waals surface area contributed by atoms with Crippen molar-refractivity contribution in [2.75, 3.05) is 23.8 Å². The lowest BCUT2D eigenvalue weighted by Gasteiger charge is -2.29. The van der Waals surface area contributed by atoms with Gasteiger partial charge in [-0.2, -0.15) is 24.4 Å². The SMILES string of the molecule is CC(CS)C(=O)N(CC(=O)O)C1CCSC1. The zero-order chi connectivity index (χ0) is 12.1. The van der Waals surface area contributed by atoms with E-state index in [1.807, 2.05) is 0 Å². The van der Waals surface area contributed by atoms with E-state index >= 15 is 0 Å². The van der Waals surface area contributed by atoms with Gasteiger partial charge in [0.25, 0.3) is 0 Å². The van der Waals surface area contributed by atoms with Crippen molar-refractivity contribution in [2.45, 2.75) is 19.4 Å². The standard InChI is InChI=1S/C10H17NO3S2/c1-7(5-15)10(14)11(4-9(12)13)8-2-3-16-6-8/h7-8,15H,2-6H2,1H3,(H,12,13). The Morgan fingerprint density at radius 2 is 2.31 bits per heavy atom. The predicted molar refractivity (Wildman–Crippen MR) is 68.1 cm³/mol. The number of amides is 1. The summed E-state index contributed by atoms with van der Waals surface area (Å²) in [6.07, 6.45) is 0.892. The Balaban J connectivity index is 2.69. The summed E-state index contributed by atoms with van der Waals surface area (Å²) < 4.78 is 0. The molecule has 1 fully saturated rings. The van der Waals surface area contributed by atoms with Crippen LogP contribution in [0.3, 0.4) is 0 Å². The van der Waals surface area contributed by atoms with Crippen molar-refractivity contribution in [3.63, 3.8) is 0 Å². The lowest BCUT2D eigenvalue weighted by atomic mass is 10.1. The Morgan fingerprint density at radius 3 is 2.75 bits per heavy atom. The number of thiol groups is 1. The van der Waals surface area contributed by atoms with Crippen molar-refractivity contribution < 1.29 is 14.7 Å². The molecule has 1 heterocycles. The fourth-order valence-corrected chi connectivity index (χ4v) is 3.04. The molecule has 1 saturated heterocycles. The van der Waals surface area contributed by atoms with Crippen LogP contribution in [0.15, 0.2) is 0 Å². The number of hydrogen-bond donors (Lipinski definition) is 2. The third kappa shape index (κ3) is 3.59. The van der Waals surface area contributed by atoms with Gasteiger partial charge >= 0.3 is 5.97 Å². The zero-order valence-corrected chi connectivity index (χ0v) is 11.0. The number of rotatable bonds is 5. The minimum atomic E-state index is -0.948. The van der Waals surface area contributed by atoms with Crippen molar-refractivity contribution in [3.8, 4) is 0 Å². The van der Waals surface area contributed by atoms with E-state index in [9.17, 15) is 9.59 Å². The molecule has 0 aromatic carbocycles. The molecule has 1 amide bonds. The highest BCUT2D eigenvalue weighted by Gasteiger charge is 2.30. The smallest absolute Gasteiger partial charge is 0.323 e. The van der Waals surface area contributed by atoms with Crippen LogP contribution in [-0.4, -0.2) is 51.7 Å². The van der Waals surface area contributed by atoms with E-state index in [1.54, 1.807) is 18.7 Å². The van der Waals surface area contributed by atoms with Gasteiger partial charge in [-0.3, -0.25) is 9.59 Å². The summed E-state index contributed by atoms with van der Waals surface area (Å²) >= 11 is 5.85. The number of aliphatic carboxylic acids is 1. The predicted octanol–water partition coefficient (Wildman–Crippen LogP) is 0.971. The molecule has 0 aromatic rings. The van der Waals surface area contributed by atoms with Crippen LogP contribution in [0.1, 0.15) is 13.3 Å². The first-order chi connectivity index (χ1) is 7.56. The first kappa shape index (κ1) is 13.7. The van der Waals surface area contributed by atoms with Gasteiger partial charge in [-0.25, -0.2) is 0 Å². The quantitative estimate of drug-likeness (QED) is 0.726. The second kappa shape index (κ2) is 6.39. The second-order valence-electron chi connectivity index (χ2n) is 3.96. The number of carbonyl (C=O) groups is 2. The summed E-state index contributed by atoms with van der Waals surface area (Å²) in [5.41, 5.74) is 0. The van der Waals surface area contributed by atoms with Crippen molar-refractivity contribution in [1.82, 2.24) is 4.90 Å². The van der Waals surface area contributed by atoms with E-state index in [-0.39, 0.29) is 24.4 Å². The van der Waals surface area contributed by atoms with Crippen LogP contribution in [0, 0.1) is 5.92 Å². The molecule has 1 N–H and O–H groups in total. The Hall–Kier alpha value is -0.360. The summed E-state index contributed by atoms with van der Waals surface area (Å²) in [5.74, 6) is 1.05. The monoisotopic (exact) mass is 263 g/mol.